The molecule has 1 atom stereocenters. The molecule has 0 unspecified atom stereocenters. The molecule has 1 N–H and O–H groups in total. The molecule has 0 aromatic heterocycles. The maximum absolute atomic E-state index is 13.2. The van der Waals surface area contributed by atoms with E-state index in [1.54, 1.807) is 49.6 Å². The number of hydrogen-bond acceptors (Lipinski definition) is 6. The zero-order valence-electron chi connectivity index (χ0n) is 20.8. The van der Waals surface area contributed by atoms with Crippen molar-refractivity contribution in [1.29, 1.82) is 0 Å². The molecular weight excluding hydrogens is 458 g/mol. The number of hydrogen-bond donors (Lipinski definition) is 1. The van der Waals surface area contributed by atoms with E-state index in [2.05, 4.69) is 5.32 Å². The zero-order valence-corrected chi connectivity index (χ0v) is 20.8. The van der Waals surface area contributed by atoms with Gasteiger partial charge < -0.3 is 19.7 Å². The maximum atomic E-state index is 13.2. The molecule has 8 heteroatoms. The molecule has 4 rings (SSSR count). The van der Waals surface area contributed by atoms with E-state index in [0.29, 0.717) is 34.5 Å². The van der Waals surface area contributed by atoms with E-state index in [1.807, 2.05) is 43.3 Å². The van der Waals surface area contributed by atoms with Gasteiger partial charge in [-0.1, -0.05) is 30.3 Å². The Kier molecular flexibility index (Phi) is 7.36. The van der Waals surface area contributed by atoms with Gasteiger partial charge in [0.1, 0.15) is 11.5 Å². The van der Waals surface area contributed by atoms with Crippen LogP contribution in [0.15, 0.2) is 66.7 Å². The summed E-state index contributed by atoms with van der Waals surface area (Å²) in [7, 11) is 7.01. The number of benzene rings is 3. The summed E-state index contributed by atoms with van der Waals surface area (Å²) in [4.78, 5) is 41.9. The van der Waals surface area contributed by atoms with E-state index >= 15 is 0 Å². The molecule has 8 nitrogen and oxygen atoms in total. The molecule has 3 amide bonds. The van der Waals surface area contributed by atoms with Crippen LogP contribution in [0, 0.1) is 0 Å². The van der Waals surface area contributed by atoms with Crippen LogP contribution in [0.2, 0.25) is 0 Å². The highest BCUT2D eigenvalue weighted by Gasteiger charge is 2.35. The smallest absolute Gasteiger partial charge is 0.261 e. The van der Waals surface area contributed by atoms with Gasteiger partial charge in [-0.15, -0.1) is 0 Å². The molecule has 3 aromatic carbocycles. The van der Waals surface area contributed by atoms with Crippen molar-refractivity contribution in [1.82, 2.24) is 15.1 Å². The lowest BCUT2D eigenvalue weighted by Crippen LogP contribution is -2.35. The Hall–Kier alpha value is -4.17. The number of imide groups is 1. The van der Waals surface area contributed by atoms with Crippen molar-refractivity contribution in [2.75, 3.05) is 34.9 Å². The largest absolute Gasteiger partial charge is 0.497 e. The Morgan fingerprint density at radius 1 is 0.917 bits per heavy atom. The fourth-order valence-electron chi connectivity index (χ4n) is 4.31. The lowest BCUT2D eigenvalue weighted by atomic mass is 10.0. The van der Waals surface area contributed by atoms with Crippen molar-refractivity contribution in [3.8, 4) is 11.5 Å². The number of likely N-dealkylation sites (N-methyl/N-ethyl adjacent to an activating group) is 1. The van der Waals surface area contributed by atoms with E-state index in [4.69, 9.17) is 9.47 Å². The Balaban J connectivity index is 1.51. The van der Waals surface area contributed by atoms with Gasteiger partial charge in [-0.3, -0.25) is 19.3 Å². The predicted molar refractivity (Wildman–Crippen MR) is 135 cm³/mol. The standard InChI is InChI=1S/C28H29N3O5/c1-30(2)24(19-10-12-20(35-3)13-11-19)16-29-26(32)23-15-18(9-14-25(23)36-4)17-31-27(33)21-7-5-6-8-22(21)28(31)34/h5-15,24H,16-17H2,1-4H3,(H,29,32)/t24-/m1/s1. The van der Waals surface area contributed by atoms with E-state index in [0.717, 1.165) is 11.3 Å². The number of ether oxygens (including phenoxy) is 2. The van der Waals surface area contributed by atoms with Crippen LogP contribution >= 0.6 is 0 Å². The Morgan fingerprint density at radius 2 is 1.56 bits per heavy atom. The van der Waals surface area contributed by atoms with Gasteiger partial charge in [0.25, 0.3) is 17.7 Å². The van der Waals surface area contributed by atoms with Crippen molar-refractivity contribution < 1.29 is 23.9 Å². The predicted octanol–water partition coefficient (Wildman–Crippen LogP) is 3.53. The first-order valence-corrected chi connectivity index (χ1v) is 11.5. The normalized spacial score (nSPS) is 13.5. The van der Waals surface area contributed by atoms with Gasteiger partial charge in [0.2, 0.25) is 0 Å². The van der Waals surface area contributed by atoms with E-state index in [-0.39, 0.29) is 30.3 Å². The quantitative estimate of drug-likeness (QED) is 0.465. The van der Waals surface area contributed by atoms with Crippen LogP contribution in [0.5, 0.6) is 11.5 Å². The molecular formula is C28H29N3O5. The highest BCUT2D eigenvalue weighted by Crippen LogP contribution is 2.27. The van der Waals surface area contributed by atoms with Gasteiger partial charge in [-0.25, -0.2) is 0 Å². The number of nitrogens with one attached hydrogen (secondary N) is 1. The summed E-state index contributed by atoms with van der Waals surface area (Å²) in [6.45, 7) is 0.423. The molecule has 1 aliphatic rings. The number of fused-ring (bicyclic) bond motifs is 1. The molecule has 0 fully saturated rings. The second-order valence-electron chi connectivity index (χ2n) is 8.74. The van der Waals surface area contributed by atoms with Gasteiger partial charge in [0, 0.05) is 6.54 Å². The van der Waals surface area contributed by atoms with Crippen LogP contribution in [0.4, 0.5) is 0 Å². The van der Waals surface area contributed by atoms with E-state index in [9.17, 15) is 14.4 Å². The van der Waals surface area contributed by atoms with Crippen LogP contribution in [-0.2, 0) is 6.54 Å². The molecule has 0 aliphatic carbocycles. The Bertz CT molecular complexity index is 1250. The highest BCUT2D eigenvalue weighted by atomic mass is 16.5. The van der Waals surface area contributed by atoms with Gasteiger partial charge in [0.15, 0.2) is 0 Å². The summed E-state index contributed by atoms with van der Waals surface area (Å²) >= 11 is 0. The fourth-order valence-corrected chi connectivity index (χ4v) is 4.31. The summed E-state index contributed by atoms with van der Waals surface area (Å²) in [5.74, 6) is 0.178. The first kappa shape index (κ1) is 24.9. The summed E-state index contributed by atoms with van der Waals surface area (Å²) in [5.41, 5.74) is 2.80. The molecule has 186 valence electrons. The fraction of sp³-hybridized carbons (Fsp3) is 0.250. The third-order valence-electron chi connectivity index (χ3n) is 6.31. The van der Waals surface area contributed by atoms with Crippen molar-refractivity contribution in [3.63, 3.8) is 0 Å². The van der Waals surface area contributed by atoms with Crippen LogP contribution in [-0.4, -0.2) is 62.4 Å². The minimum absolute atomic E-state index is 0.0583. The zero-order chi connectivity index (χ0) is 25.8. The van der Waals surface area contributed by atoms with Crippen LogP contribution < -0.4 is 14.8 Å². The first-order chi connectivity index (χ1) is 17.3. The second-order valence-corrected chi connectivity index (χ2v) is 8.74. The molecule has 0 saturated carbocycles. The third kappa shape index (κ3) is 4.94. The van der Waals surface area contributed by atoms with Crippen molar-refractivity contribution >= 4 is 17.7 Å². The molecule has 0 bridgehead atoms. The Morgan fingerprint density at radius 3 is 2.11 bits per heavy atom. The number of rotatable bonds is 9. The first-order valence-electron chi connectivity index (χ1n) is 11.5. The molecule has 3 aromatic rings. The van der Waals surface area contributed by atoms with Gasteiger partial charge in [0.05, 0.1) is 43.5 Å². The number of amides is 3. The van der Waals surface area contributed by atoms with Gasteiger partial charge in [-0.05, 0) is 61.6 Å². The van der Waals surface area contributed by atoms with Crippen molar-refractivity contribution in [2.24, 2.45) is 0 Å². The summed E-state index contributed by atoms with van der Waals surface area (Å²) in [6.07, 6.45) is 0. The number of nitrogens with zero attached hydrogens (tertiary/aromatic N) is 2. The number of carbonyl (C=O) groups excluding carboxylic acids is 3. The SMILES string of the molecule is COc1ccc([C@@H](CNC(=O)c2cc(CN3C(=O)c4ccccc4C3=O)ccc2OC)N(C)C)cc1. The van der Waals surface area contributed by atoms with Crippen LogP contribution in [0.3, 0.4) is 0 Å². The van der Waals surface area contributed by atoms with E-state index < -0.39 is 0 Å². The van der Waals surface area contributed by atoms with Crippen LogP contribution in [0.1, 0.15) is 48.2 Å². The lowest BCUT2D eigenvalue weighted by molar-refractivity contribution is 0.0642. The third-order valence-corrected chi connectivity index (χ3v) is 6.31. The summed E-state index contributed by atoms with van der Waals surface area (Å²) in [6, 6.07) is 19.5. The van der Waals surface area contributed by atoms with Crippen molar-refractivity contribution in [2.45, 2.75) is 12.6 Å². The Labute approximate surface area is 210 Å². The van der Waals surface area contributed by atoms with Crippen LogP contribution in [0.25, 0.3) is 0 Å². The van der Waals surface area contributed by atoms with Gasteiger partial charge in [-0.2, -0.15) is 0 Å². The van der Waals surface area contributed by atoms with Crippen molar-refractivity contribution in [3.05, 3.63) is 94.5 Å². The summed E-state index contributed by atoms with van der Waals surface area (Å²) < 4.78 is 10.7. The molecule has 0 spiro atoms. The molecule has 36 heavy (non-hydrogen) atoms. The number of methoxy groups -OCH3 is 2. The molecule has 1 aliphatic heterocycles. The lowest BCUT2D eigenvalue weighted by Gasteiger charge is -2.25. The monoisotopic (exact) mass is 487 g/mol. The maximum Gasteiger partial charge on any atom is 0.261 e. The highest BCUT2D eigenvalue weighted by molar-refractivity contribution is 6.21. The average Bonchev–Trinajstić information content (AvgIpc) is 3.13. The minimum atomic E-state index is -0.342. The topological polar surface area (TPSA) is 88.2 Å². The number of carbonyl (C=O) groups is 3. The minimum Gasteiger partial charge on any atom is -0.497 e. The second kappa shape index (κ2) is 10.6. The molecule has 1 heterocycles. The van der Waals surface area contributed by atoms with Gasteiger partial charge >= 0.3 is 0 Å². The molecule has 0 radical (unpaired) electrons. The summed E-state index contributed by atoms with van der Waals surface area (Å²) in [5, 5.41) is 3.00. The average molecular weight is 488 g/mol. The van der Waals surface area contributed by atoms with E-state index in [1.165, 1.54) is 12.0 Å². The molecule has 0 saturated heterocycles.